The minimum absolute atomic E-state index is 0.250. The van der Waals surface area contributed by atoms with E-state index in [-0.39, 0.29) is 11.8 Å². The van der Waals surface area contributed by atoms with E-state index in [4.69, 9.17) is 12.2 Å². The van der Waals surface area contributed by atoms with E-state index in [1.165, 1.54) is 6.07 Å². The molecule has 1 atom stereocenters. The number of halogens is 3. The van der Waals surface area contributed by atoms with Crippen LogP contribution in [-0.4, -0.2) is 63.8 Å². The first kappa shape index (κ1) is 23.7. The lowest BCUT2D eigenvalue weighted by Crippen LogP contribution is -2.52. The van der Waals surface area contributed by atoms with Crippen LogP contribution in [-0.2, 0) is 28.9 Å². The Morgan fingerprint density at radius 1 is 1.09 bits per heavy atom. The van der Waals surface area contributed by atoms with Gasteiger partial charge in [0.1, 0.15) is 16.8 Å². The maximum absolute atomic E-state index is 12.8. The Bertz CT molecular complexity index is 1160. The van der Waals surface area contributed by atoms with Crippen LogP contribution in [0.1, 0.15) is 35.1 Å². The number of carbonyl (C=O) groups excluding carboxylic acids is 2. The Morgan fingerprint density at radius 2 is 1.86 bits per heavy atom. The Balaban J connectivity index is 1.23. The van der Waals surface area contributed by atoms with Gasteiger partial charge in [-0.05, 0) is 29.7 Å². The van der Waals surface area contributed by atoms with Crippen LogP contribution < -0.4 is 10.2 Å². The number of nitrogens with zero attached hydrogens (tertiary/aromatic N) is 4. The number of imide groups is 1. The Morgan fingerprint density at radius 3 is 2.51 bits per heavy atom. The van der Waals surface area contributed by atoms with Gasteiger partial charge in [-0.3, -0.25) is 19.8 Å². The van der Waals surface area contributed by atoms with Crippen LogP contribution in [0.25, 0.3) is 0 Å². The van der Waals surface area contributed by atoms with Gasteiger partial charge in [0.2, 0.25) is 11.8 Å². The number of aromatic nitrogens is 1. The number of benzene rings is 1. The highest BCUT2D eigenvalue weighted by Gasteiger charge is 2.38. The van der Waals surface area contributed by atoms with E-state index in [0.717, 1.165) is 42.0 Å². The molecule has 1 aromatic carbocycles. The molecule has 184 valence electrons. The number of rotatable bonds is 4. The van der Waals surface area contributed by atoms with E-state index < -0.39 is 17.8 Å². The fourth-order valence-electron chi connectivity index (χ4n) is 4.91. The van der Waals surface area contributed by atoms with Gasteiger partial charge in [-0.1, -0.05) is 30.4 Å². The summed E-state index contributed by atoms with van der Waals surface area (Å²) >= 11 is 5.69. The molecule has 1 N–H and O–H groups in total. The van der Waals surface area contributed by atoms with Gasteiger partial charge in [-0.25, -0.2) is 4.98 Å². The number of piperazine rings is 1. The number of amides is 2. The molecule has 4 heterocycles. The third kappa shape index (κ3) is 4.74. The summed E-state index contributed by atoms with van der Waals surface area (Å²) in [7, 11) is 0. The molecule has 0 saturated carbocycles. The number of thiocarbonyl (C=S) groups is 1. The standard InChI is InChI=1S/C24H24F3N5O2S/c25-24(26,27)16-4-6-20(28-12-16)31-10-8-30(9-11-31)13-15-2-1-3-17-18(15)14-32(23(17)35)19-5-7-21(33)29-22(19)34/h1-4,6,12,19H,5,7-11,13-14H2,(H,29,33,34). The minimum atomic E-state index is -4.39. The summed E-state index contributed by atoms with van der Waals surface area (Å²) in [5.74, 6) is -0.00496. The molecule has 3 aliphatic heterocycles. The highest BCUT2D eigenvalue weighted by molar-refractivity contribution is 7.80. The zero-order chi connectivity index (χ0) is 24.7. The van der Waals surface area contributed by atoms with Gasteiger partial charge in [-0.15, -0.1) is 0 Å². The average molecular weight is 504 g/mol. The molecular formula is C24H24F3N5O2S. The molecule has 11 heteroatoms. The second kappa shape index (κ2) is 9.19. The number of pyridine rings is 1. The molecule has 2 saturated heterocycles. The molecule has 2 aromatic rings. The third-order valence-electron chi connectivity index (χ3n) is 6.84. The van der Waals surface area contributed by atoms with Gasteiger partial charge < -0.3 is 9.80 Å². The van der Waals surface area contributed by atoms with Crippen molar-refractivity contribution in [3.05, 3.63) is 58.8 Å². The molecular weight excluding hydrogens is 479 g/mol. The number of carbonyl (C=O) groups is 2. The number of nitrogens with one attached hydrogen (secondary N) is 1. The van der Waals surface area contributed by atoms with Crippen molar-refractivity contribution in [1.82, 2.24) is 20.1 Å². The van der Waals surface area contributed by atoms with E-state index in [1.807, 2.05) is 21.9 Å². The molecule has 0 radical (unpaired) electrons. The predicted octanol–water partition coefficient (Wildman–Crippen LogP) is 2.72. The zero-order valence-electron chi connectivity index (χ0n) is 18.8. The molecule has 1 unspecified atom stereocenters. The van der Waals surface area contributed by atoms with Crippen molar-refractivity contribution in [3.63, 3.8) is 0 Å². The van der Waals surface area contributed by atoms with Gasteiger partial charge in [0.05, 0.1) is 5.56 Å². The van der Waals surface area contributed by atoms with Crippen molar-refractivity contribution in [2.45, 2.75) is 38.1 Å². The second-order valence-corrected chi connectivity index (χ2v) is 9.40. The first-order valence-electron chi connectivity index (χ1n) is 11.5. The molecule has 7 nitrogen and oxygen atoms in total. The molecule has 0 aliphatic carbocycles. The van der Waals surface area contributed by atoms with Crippen molar-refractivity contribution in [2.75, 3.05) is 31.1 Å². The second-order valence-electron chi connectivity index (χ2n) is 9.01. The number of piperidine rings is 1. The minimum Gasteiger partial charge on any atom is -0.354 e. The van der Waals surface area contributed by atoms with Crippen LogP contribution in [0.4, 0.5) is 19.0 Å². The Labute approximate surface area is 205 Å². The Hall–Kier alpha value is -3.05. The summed E-state index contributed by atoms with van der Waals surface area (Å²) in [6.45, 7) is 4.05. The first-order valence-corrected chi connectivity index (χ1v) is 11.9. The van der Waals surface area contributed by atoms with Crippen LogP contribution in [0.15, 0.2) is 36.5 Å². The van der Waals surface area contributed by atoms with Crippen molar-refractivity contribution >= 4 is 34.8 Å². The number of hydrogen-bond acceptors (Lipinski definition) is 6. The van der Waals surface area contributed by atoms with E-state index in [9.17, 15) is 22.8 Å². The van der Waals surface area contributed by atoms with E-state index in [1.54, 1.807) is 0 Å². The molecule has 0 spiro atoms. The molecule has 0 bridgehead atoms. The van der Waals surface area contributed by atoms with Gasteiger partial charge in [0, 0.05) is 57.4 Å². The highest BCUT2D eigenvalue weighted by atomic mass is 32.1. The van der Waals surface area contributed by atoms with Gasteiger partial charge in [0.25, 0.3) is 0 Å². The third-order valence-corrected chi connectivity index (χ3v) is 7.30. The lowest BCUT2D eigenvalue weighted by Gasteiger charge is -2.35. The quantitative estimate of drug-likeness (QED) is 0.508. The molecule has 2 amide bonds. The van der Waals surface area contributed by atoms with Crippen LogP contribution in [0.5, 0.6) is 0 Å². The summed E-state index contributed by atoms with van der Waals surface area (Å²) in [5, 5.41) is 2.41. The fourth-order valence-corrected chi connectivity index (χ4v) is 5.30. The number of anilines is 1. The number of alkyl halides is 3. The zero-order valence-corrected chi connectivity index (χ0v) is 19.7. The van der Waals surface area contributed by atoms with Gasteiger partial charge in [0.15, 0.2) is 0 Å². The van der Waals surface area contributed by atoms with Crippen LogP contribution in [0.2, 0.25) is 0 Å². The predicted molar refractivity (Wildman–Crippen MR) is 127 cm³/mol. The monoisotopic (exact) mass is 503 g/mol. The Kier molecular flexibility index (Phi) is 6.22. The summed E-state index contributed by atoms with van der Waals surface area (Å²) < 4.78 is 38.4. The molecule has 1 aromatic heterocycles. The van der Waals surface area contributed by atoms with Crippen LogP contribution in [0.3, 0.4) is 0 Å². The van der Waals surface area contributed by atoms with E-state index >= 15 is 0 Å². The average Bonchev–Trinajstić information content (AvgIpc) is 3.16. The van der Waals surface area contributed by atoms with Crippen molar-refractivity contribution < 1.29 is 22.8 Å². The largest absolute Gasteiger partial charge is 0.417 e. The van der Waals surface area contributed by atoms with Gasteiger partial charge >= 0.3 is 6.18 Å². The molecule has 3 aliphatic rings. The summed E-state index contributed by atoms with van der Waals surface area (Å²) in [6.07, 6.45) is -2.76. The maximum Gasteiger partial charge on any atom is 0.417 e. The van der Waals surface area contributed by atoms with Crippen molar-refractivity contribution in [1.29, 1.82) is 0 Å². The first-order chi connectivity index (χ1) is 16.7. The summed E-state index contributed by atoms with van der Waals surface area (Å²) in [5.41, 5.74) is 2.45. The summed E-state index contributed by atoms with van der Waals surface area (Å²) in [6, 6.07) is 8.06. The van der Waals surface area contributed by atoms with Crippen LogP contribution >= 0.6 is 12.2 Å². The number of fused-ring (bicyclic) bond motifs is 1. The summed E-state index contributed by atoms with van der Waals surface area (Å²) in [4.78, 5) is 34.8. The highest BCUT2D eigenvalue weighted by Crippen LogP contribution is 2.32. The molecule has 5 rings (SSSR count). The lowest BCUT2D eigenvalue weighted by molar-refractivity contribution is -0.138. The topological polar surface area (TPSA) is 68.8 Å². The van der Waals surface area contributed by atoms with Crippen LogP contribution in [0, 0.1) is 0 Å². The maximum atomic E-state index is 12.8. The smallest absolute Gasteiger partial charge is 0.354 e. The van der Waals surface area contributed by atoms with Gasteiger partial charge in [-0.2, -0.15) is 13.2 Å². The fraction of sp³-hybridized carbons (Fsp3) is 0.417. The van der Waals surface area contributed by atoms with Crippen molar-refractivity contribution in [3.8, 4) is 0 Å². The molecule has 35 heavy (non-hydrogen) atoms. The lowest BCUT2D eigenvalue weighted by atomic mass is 10.0. The number of hydrogen-bond donors (Lipinski definition) is 1. The van der Waals surface area contributed by atoms with E-state index in [0.29, 0.717) is 49.8 Å². The van der Waals surface area contributed by atoms with Crippen molar-refractivity contribution in [2.24, 2.45) is 0 Å². The molecule has 2 fully saturated rings. The normalized spacial score (nSPS) is 21.3. The SMILES string of the molecule is O=C1CCC(N2Cc3c(CN4CCN(c5ccc(C(F)(F)F)cn5)CC4)cccc3C2=S)C(=O)N1. The van der Waals surface area contributed by atoms with E-state index in [2.05, 4.69) is 21.3 Å².